The van der Waals surface area contributed by atoms with Gasteiger partial charge in [-0.25, -0.2) is 0 Å². The number of allylic oxidation sites excluding steroid dienone is 6. The second-order valence-corrected chi connectivity index (χ2v) is 2.91. The topological polar surface area (TPSA) is 0 Å². The molecule has 0 aromatic heterocycles. The van der Waals surface area contributed by atoms with Crippen LogP contribution in [0.5, 0.6) is 0 Å². The van der Waals surface area contributed by atoms with Crippen LogP contribution in [0.1, 0.15) is 27.7 Å². The highest BCUT2D eigenvalue weighted by atomic mass is 35.5. The third-order valence-electron chi connectivity index (χ3n) is 1.69. The second kappa shape index (κ2) is 5.20. The highest BCUT2D eigenvalue weighted by Crippen LogP contribution is 2.13. The Morgan fingerprint density at radius 2 is 1.55 bits per heavy atom. The Morgan fingerprint density at radius 3 is 1.91 bits per heavy atom. The van der Waals surface area contributed by atoms with Crippen molar-refractivity contribution in [1.29, 1.82) is 0 Å². The van der Waals surface area contributed by atoms with E-state index in [0.29, 0.717) is 0 Å². The van der Waals surface area contributed by atoms with E-state index in [0.717, 1.165) is 5.03 Å². The van der Waals surface area contributed by atoms with Crippen molar-refractivity contribution in [2.24, 2.45) is 0 Å². The Balaban J connectivity index is 4.47. The third-order valence-corrected chi connectivity index (χ3v) is 2.01. The Labute approximate surface area is 74.3 Å². The van der Waals surface area contributed by atoms with Crippen LogP contribution in [0.4, 0.5) is 0 Å². The number of halogens is 1. The normalized spacial score (nSPS) is 15.5. The van der Waals surface area contributed by atoms with Crippen molar-refractivity contribution in [2.45, 2.75) is 27.7 Å². The van der Waals surface area contributed by atoms with Crippen LogP contribution in [0, 0.1) is 0 Å². The first-order chi connectivity index (χ1) is 5.11. The second-order valence-electron chi connectivity index (χ2n) is 2.47. The maximum atomic E-state index is 5.82. The van der Waals surface area contributed by atoms with Crippen LogP contribution < -0.4 is 0 Å². The fraction of sp³-hybridized carbons (Fsp3) is 0.400. The smallest absolute Gasteiger partial charge is 0.0366 e. The summed E-state index contributed by atoms with van der Waals surface area (Å²) in [5.41, 5.74) is 2.49. The Hall–Kier alpha value is -0.490. The van der Waals surface area contributed by atoms with Crippen molar-refractivity contribution < 1.29 is 0 Å². The van der Waals surface area contributed by atoms with Crippen molar-refractivity contribution in [3.8, 4) is 0 Å². The highest BCUT2D eigenvalue weighted by molar-refractivity contribution is 6.31. The molecule has 0 bridgehead atoms. The molecule has 0 amide bonds. The van der Waals surface area contributed by atoms with Gasteiger partial charge < -0.3 is 0 Å². The first-order valence-corrected chi connectivity index (χ1v) is 4.13. The molecule has 0 aliphatic heterocycles. The molecule has 0 heterocycles. The average molecular weight is 171 g/mol. The molecule has 11 heavy (non-hydrogen) atoms. The van der Waals surface area contributed by atoms with Crippen molar-refractivity contribution >= 4 is 11.6 Å². The van der Waals surface area contributed by atoms with E-state index >= 15 is 0 Å². The van der Waals surface area contributed by atoms with E-state index in [2.05, 4.69) is 19.9 Å². The van der Waals surface area contributed by atoms with Crippen LogP contribution in [-0.2, 0) is 0 Å². The first-order valence-electron chi connectivity index (χ1n) is 3.75. The molecule has 0 rings (SSSR count). The van der Waals surface area contributed by atoms with Gasteiger partial charge in [0.2, 0.25) is 0 Å². The molecule has 0 aromatic rings. The molecule has 0 nitrogen and oxygen atoms in total. The minimum atomic E-state index is 0.795. The molecule has 0 N–H and O–H groups in total. The van der Waals surface area contributed by atoms with Gasteiger partial charge in [-0.05, 0) is 39.3 Å². The molecule has 0 saturated heterocycles. The molecule has 0 aliphatic carbocycles. The van der Waals surface area contributed by atoms with E-state index in [1.165, 1.54) is 11.1 Å². The van der Waals surface area contributed by atoms with Crippen LogP contribution in [0.25, 0.3) is 0 Å². The summed E-state index contributed by atoms with van der Waals surface area (Å²) in [6.45, 7) is 8.08. The quantitative estimate of drug-likeness (QED) is 0.549. The monoisotopic (exact) mass is 170 g/mol. The van der Waals surface area contributed by atoms with E-state index < -0.39 is 0 Å². The van der Waals surface area contributed by atoms with E-state index in [1.54, 1.807) is 0 Å². The molecule has 0 aromatic carbocycles. The lowest BCUT2D eigenvalue weighted by molar-refractivity contribution is 1.32. The van der Waals surface area contributed by atoms with Crippen LogP contribution >= 0.6 is 11.6 Å². The molecule has 0 atom stereocenters. The maximum Gasteiger partial charge on any atom is 0.0366 e. The summed E-state index contributed by atoms with van der Waals surface area (Å²) in [5, 5.41) is 0.795. The van der Waals surface area contributed by atoms with Gasteiger partial charge in [0, 0.05) is 5.03 Å². The van der Waals surface area contributed by atoms with Gasteiger partial charge in [0.1, 0.15) is 0 Å². The minimum absolute atomic E-state index is 0.795. The molecule has 0 spiro atoms. The van der Waals surface area contributed by atoms with E-state index in [9.17, 15) is 0 Å². The Bertz CT molecular complexity index is 207. The van der Waals surface area contributed by atoms with Crippen molar-refractivity contribution in [2.75, 3.05) is 0 Å². The maximum absolute atomic E-state index is 5.82. The van der Waals surface area contributed by atoms with Crippen LogP contribution in [0.2, 0.25) is 0 Å². The van der Waals surface area contributed by atoms with Gasteiger partial charge in [0.05, 0.1) is 0 Å². The minimum Gasteiger partial charge on any atom is -0.0847 e. The van der Waals surface area contributed by atoms with Crippen LogP contribution in [0.3, 0.4) is 0 Å². The predicted octanol–water partition coefficient (Wildman–Crippen LogP) is 4.04. The predicted molar refractivity (Wildman–Crippen MR) is 52.8 cm³/mol. The zero-order valence-electron chi connectivity index (χ0n) is 7.61. The number of hydrogen-bond donors (Lipinski definition) is 0. The zero-order chi connectivity index (χ0) is 8.85. The van der Waals surface area contributed by atoms with Gasteiger partial charge >= 0.3 is 0 Å². The summed E-state index contributed by atoms with van der Waals surface area (Å²) < 4.78 is 0. The molecule has 62 valence electrons. The summed E-state index contributed by atoms with van der Waals surface area (Å²) in [7, 11) is 0. The largest absolute Gasteiger partial charge is 0.0847 e. The van der Waals surface area contributed by atoms with Crippen molar-refractivity contribution in [1.82, 2.24) is 0 Å². The molecule has 0 fully saturated rings. The van der Waals surface area contributed by atoms with Crippen LogP contribution in [-0.4, -0.2) is 0 Å². The summed E-state index contributed by atoms with van der Waals surface area (Å²) in [5.74, 6) is 0. The van der Waals surface area contributed by atoms with Gasteiger partial charge in [-0.3, -0.25) is 0 Å². The van der Waals surface area contributed by atoms with Crippen molar-refractivity contribution in [3.63, 3.8) is 0 Å². The van der Waals surface area contributed by atoms with Gasteiger partial charge in [0.15, 0.2) is 0 Å². The molecule has 0 aliphatic rings. The summed E-state index contributed by atoms with van der Waals surface area (Å²) >= 11 is 5.82. The molecule has 0 unspecified atom stereocenters. The van der Waals surface area contributed by atoms with E-state index in [4.69, 9.17) is 11.6 Å². The lowest BCUT2D eigenvalue weighted by Gasteiger charge is -1.98. The average Bonchev–Trinajstić information content (AvgIpc) is 2.02. The van der Waals surface area contributed by atoms with Crippen molar-refractivity contribution in [3.05, 3.63) is 34.4 Å². The van der Waals surface area contributed by atoms with Gasteiger partial charge in [0.25, 0.3) is 0 Å². The van der Waals surface area contributed by atoms with Crippen LogP contribution in [0.15, 0.2) is 34.4 Å². The van der Waals surface area contributed by atoms with E-state index in [1.807, 2.05) is 26.0 Å². The molecule has 0 saturated carbocycles. The van der Waals surface area contributed by atoms with Gasteiger partial charge in [-0.1, -0.05) is 29.3 Å². The SMILES string of the molecule is CC=C(Cl)/C=C(C)\C(C)=C/C. The zero-order valence-corrected chi connectivity index (χ0v) is 8.37. The first kappa shape index (κ1) is 10.5. The fourth-order valence-corrected chi connectivity index (χ4v) is 0.795. The van der Waals surface area contributed by atoms with E-state index in [-0.39, 0.29) is 0 Å². The van der Waals surface area contributed by atoms with Gasteiger partial charge in [-0.2, -0.15) is 0 Å². The summed E-state index contributed by atoms with van der Waals surface area (Å²) in [6.07, 6.45) is 5.93. The number of hydrogen-bond acceptors (Lipinski definition) is 0. The fourth-order valence-electron chi connectivity index (χ4n) is 0.632. The standard InChI is InChI=1S/C10H15Cl/c1-5-8(3)9(4)7-10(11)6-2/h5-7H,1-4H3/b8-5-,9-7-,10-6?. The highest BCUT2D eigenvalue weighted by Gasteiger charge is 1.91. The molecular formula is C10H15Cl. The molecule has 0 radical (unpaired) electrons. The lowest BCUT2D eigenvalue weighted by Crippen LogP contribution is -1.78. The van der Waals surface area contributed by atoms with Gasteiger partial charge in [-0.15, -0.1) is 0 Å². The third kappa shape index (κ3) is 4.05. The lowest BCUT2D eigenvalue weighted by atomic mass is 10.1. The molecular weight excluding hydrogens is 156 g/mol. The summed E-state index contributed by atoms with van der Waals surface area (Å²) in [6, 6.07) is 0. The Kier molecular flexibility index (Phi) is 4.97. The number of rotatable bonds is 2. The Morgan fingerprint density at radius 1 is 1.00 bits per heavy atom. The summed E-state index contributed by atoms with van der Waals surface area (Å²) in [4.78, 5) is 0. The molecule has 1 heteroatoms.